The van der Waals surface area contributed by atoms with Gasteiger partial charge in [-0.3, -0.25) is 4.79 Å². The summed E-state index contributed by atoms with van der Waals surface area (Å²) in [6.45, 7) is 0. The molecule has 2 N–H and O–H groups in total. The molecule has 20 heavy (non-hydrogen) atoms. The van der Waals surface area contributed by atoms with E-state index >= 15 is 0 Å². The van der Waals surface area contributed by atoms with Gasteiger partial charge >= 0.3 is 5.97 Å². The van der Waals surface area contributed by atoms with Crippen LogP contribution < -0.4 is 4.74 Å². The van der Waals surface area contributed by atoms with E-state index in [1.54, 1.807) is 37.4 Å². The lowest BCUT2D eigenvalue weighted by Gasteiger charge is -2.07. The topological polar surface area (TPSA) is 66.8 Å². The Bertz CT molecular complexity index is 608. The first-order valence-electron chi connectivity index (χ1n) is 5.94. The van der Waals surface area contributed by atoms with Gasteiger partial charge in [-0.25, -0.2) is 0 Å². The van der Waals surface area contributed by atoms with Gasteiger partial charge in [-0.2, -0.15) is 0 Å². The van der Waals surface area contributed by atoms with Crippen molar-refractivity contribution < 1.29 is 19.7 Å². The highest BCUT2D eigenvalue weighted by Crippen LogP contribution is 2.36. The molecule has 2 aromatic rings. The number of carbonyl (C=O) groups is 1. The fourth-order valence-corrected chi connectivity index (χ4v) is 2.51. The number of hydrogen-bond acceptors (Lipinski definition) is 4. The van der Waals surface area contributed by atoms with Crippen LogP contribution in [0.15, 0.2) is 52.3 Å². The first-order valence-corrected chi connectivity index (χ1v) is 6.75. The van der Waals surface area contributed by atoms with E-state index in [2.05, 4.69) is 0 Å². The van der Waals surface area contributed by atoms with Crippen molar-refractivity contribution in [2.45, 2.75) is 16.2 Å². The van der Waals surface area contributed by atoms with Crippen molar-refractivity contribution in [1.29, 1.82) is 0 Å². The Morgan fingerprint density at radius 3 is 2.45 bits per heavy atom. The average molecular weight is 290 g/mol. The van der Waals surface area contributed by atoms with Crippen LogP contribution in [0.3, 0.4) is 0 Å². The lowest BCUT2D eigenvalue weighted by Crippen LogP contribution is -1.99. The largest absolute Gasteiger partial charge is 0.507 e. The first-order chi connectivity index (χ1) is 9.58. The third-order valence-corrected chi connectivity index (χ3v) is 3.75. The molecule has 5 heteroatoms. The molecule has 0 unspecified atom stereocenters. The highest BCUT2D eigenvalue weighted by molar-refractivity contribution is 7.99. The lowest BCUT2D eigenvalue weighted by atomic mass is 10.2. The first kappa shape index (κ1) is 14.3. The zero-order valence-electron chi connectivity index (χ0n) is 10.9. The highest BCUT2D eigenvalue weighted by Gasteiger charge is 2.06. The minimum Gasteiger partial charge on any atom is -0.507 e. The minimum absolute atomic E-state index is 0.0126. The van der Waals surface area contributed by atoms with Crippen molar-refractivity contribution in [1.82, 2.24) is 0 Å². The third-order valence-electron chi connectivity index (χ3n) is 2.67. The third kappa shape index (κ3) is 3.68. The molecule has 0 saturated heterocycles. The van der Waals surface area contributed by atoms with Crippen LogP contribution in [0, 0.1) is 0 Å². The van der Waals surface area contributed by atoms with Crippen molar-refractivity contribution in [2.75, 3.05) is 7.11 Å². The molecule has 2 rings (SSSR count). The SMILES string of the molecule is COc1ccc(Sc2ccc(CC(=O)O)cc2)c(O)c1. The van der Waals surface area contributed by atoms with Crippen LogP contribution in [0.4, 0.5) is 0 Å². The standard InChI is InChI=1S/C15H14O4S/c1-19-11-4-7-14(13(16)9-11)20-12-5-2-10(3-6-12)8-15(17)18/h2-7,9,16H,8H2,1H3,(H,17,18). The second-order valence-corrected chi connectivity index (χ2v) is 5.27. The number of hydrogen-bond donors (Lipinski definition) is 2. The maximum atomic E-state index is 10.6. The molecule has 4 nitrogen and oxygen atoms in total. The Labute approximate surface area is 121 Å². The van der Waals surface area contributed by atoms with Gasteiger partial charge in [0.25, 0.3) is 0 Å². The van der Waals surface area contributed by atoms with Crippen molar-refractivity contribution in [3.05, 3.63) is 48.0 Å². The number of phenols is 1. The van der Waals surface area contributed by atoms with Gasteiger partial charge in [-0.05, 0) is 29.8 Å². The Morgan fingerprint density at radius 1 is 1.20 bits per heavy atom. The summed E-state index contributed by atoms with van der Waals surface area (Å²) >= 11 is 1.41. The van der Waals surface area contributed by atoms with Gasteiger partial charge in [0, 0.05) is 11.0 Å². The molecule has 0 aliphatic rings. The van der Waals surface area contributed by atoms with Gasteiger partial charge in [0.15, 0.2) is 0 Å². The number of ether oxygens (including phenoxy) is 1. The molecule has 104 valence electrons. The fraction of sp³-hybridized carbons (Fsp3) is 0.133. The molecule has 0 atom stereocenters. The van der Waals surface area contributed by atoms with Crippen LogP contribution in [0.5, 0.6) is 11.5 Å². The maximum absolute atomic E-state index is 10.6. The second-order valence-electron chi connectivity index (χ2n) is 4.15. The van der Waals surface area contributed by atoms with E-state index in [1.165, 1.54) is 11.8 Å². The summed E-state index contributed by atoms with van der Waals surface area (Å²) in [5.41, 5.74) is 0.751. The molecule has 0 spiro atoms. The summed E-state index contributed by atoms with van der Waals surface area (Å²) in [4.78, 5) is 12.2. The number of aromatic hydroxyl groups is 1. The van der Waals surface area contributed by atoms with E-state index in [4.69, 9.17) is 9.84 Å². The molecule has 0 aromatic heterocycles. The normalized spacial score (nSPS) is 10.2. The smallest absolute Gasteiger partial charge is 0.307 e. The van der Waals surface area contributed by atoms with Crippen LogP contribution in [-0.4, -0.2) is 23.3 Å². The molecule has 0 aliphatic heterocycles. The molecule has 0 radical (unpaired) electrons. The molecular formula is C15H14O4S. The van der Waals surface area contributed by atoms with Crippen LogP contribution in [0.1, 0.15) is 5.56 Å². The summed E-state index contributed by atoms with van der Waals surface area (Å²) in [6.07, 6.45) is 0.0126. The predicted molar refractivity (Wildman–Crippen MR) is 76.6 cm³/mol. The van der Waals surface area contributed by atoms with Gasteiger partial charge < -0.3 is 14.9 Å². The van der Waals surface area contributed by atoms with Gasteiger partial charge in [-0.1, -0.05) is 23.9 Å². The Balaban J connectivity index is 2.12. The minimum atomic E-state index is -0.849. The van der Waals surface area contributed by atoms with E-state index in [0.29, 0.717) is 5.75 Å². The van der Waals surface area contributed by atoms with E-state index in [-0.39, 0.29) is 12.2 Å². The van der Waals surface area contributed by atoms with Gasteiger partial charge in [0.1, 0.15) is 11.5 Å². The molecule has 0 bridgehead atoms. The molecule has 0 saturated carbocycles. The van der Waals surface area contributed by atoms with Crippen LogP contribution in [0.2, 0.25) is 0 Å². The summed E-state index contributed by atoms with van der Waals surface area (Å²) < 4.78 is 5.03. The Morgan fingerprint density at radius 2 is 1.90 bits per heavy atom. The van der Waals surface area contributed by atoms with Gasteiger partial charge in [0.05, 0.1) is 18.4 Å². The molecular weight excluding hydrogens is 276 g/mol. The average Bonchev–Trinajstić information content (AvgIpc) is 2.42. The van der Waals surface area contributed by atoms with Crippen LogP contribution >= 0.6 is 11.8 Å². The van der Waals surface area contributed by atoms with Gasteiger partial charge in [0.2, 0.25) is 0 Å². The Hall–Kier alpha value is -2.14. The molecule has 0 heterocycles. The Kier molecular flexibility index (Phi) is 4.53. The number of carboxylic acid groups (broad SMARTS) is 1. The number of benzene rings is 2. The van der Waals surface area contributed by atoms with Crippen molar-refractivity contribution in [2.24, 2.45) is 0 Å². The summed E-state index contributed by atoms with van der Waals surface area (Å²) in [5.74, 6) is -0.0918. The zero-order chi connectivity index (χ0) is 14.5. The number of aliphatic carboxylic acids is 1. The van der Waals surface area contributed by atoms with E-state index in [1.807, 2.05) is 12.1 Å². The van der Waals surface area contributed by atoms with E-state index in [9.17, 15) is 9.90 Å². The monoisotopic (exact) mass is 290 g/mol. The van der Waals surface area contributed by atoms with E-state index in [0.717, 1.165) is 15.4 Å². The van der Waals surface area contributed by atoms with Crippen molar-refractivity contribution in [3.8, 4) is 11.5 Å². The number of rotatable bonds is 5. The van der Waals surface area contributed by atoms with Crippen molar-refractivity contribution >= 4 is 17.7 Å². The van der Waals surface area contributed by atoms with Crippen LogP contribution in [0.25, 0.3) is 0 Å². The predicted octanol–water partition coefficient (Wildman–Crippen LogP) is 3.18. The summed E-state index contributed by atoms with van der Waals surface area (Å²) in [5, 5.41) is 18.6. The lowest BCUT2D eigenvalue weighted by molar-refractivity contribution is -0.136. The van der Waals surface area contributed by atoms with Crippen LogP contribution in [-0.2, 0) is 11.2 Å². The fourth-order valence-electron chi connectivity index (χ4n) is 1.69. The number of carboxylic acids is 1. The molecule has 0 amide bonds. The molecule has 2 aromatic carbocycles. The summed E-state index contributed by atoms with van der Waals surface area (Å²) in [6, 6.07) is 12.3. The highest BCUT2D eigenvalue weighted by atomic mass is 32.2. The van der Waals surface area contributed by atoms with Crippen molar-refractivity contribution in [3.63, 3.8) is 0 Å². The zero-order valence-corrected chi connectivity index (χ0v) is 11.7. The van der Waals surface area contributed by atoms with E-state index < -0.39 is 5.97 Å². The summed E-state index contributed by atoms with van der Waals surface area (Å²) in [7, 11) is 1.54. The maximum Gasteiger partial charge on any atom is 0.307 e. The van der Waals surface area contributed by atoms with Gasteiger partial charge in [-0.15, -0.1) is 0 Å². The number of methoxy groups -OCH3 is 1. The quantitative estimate of drug-likeness (QED) is 0.885. The molecule has 0 aliphatic carbocycles. The second kappa shape index (κ2) is 6.34. The molecule has 0 fully saturated rings. The number of phenolic OH excluding ortho intramolecular Hbond substituents is 1.